The molecule has 0 bridgehead atoms. The molecule has 0 aliphatic heterocycles. The van der Waals surface area contributed by atoms with Crippen molar-refractivity contribution < 1.29 is 4.74 Å². The lowest BCUT2D eigenvalue weighted by molar-refractivity contribution is 0.415. The van der Waals surface area contributed by atoms with Crippen LogP contribution >= 0.6 is 23.6 Å². The van der Waals surface area contributed by atoms with Gasteiger partial charge in [0.25, 0.3) is 0 Å². The van der Waals surface area contributed by atoms with E-state index in [-0.39, 0.29) is 0 Å². The molecule has 0 aliphatic rings. The first-order chi connectivity index (χ1) is 9.26. The second-order valence-corrected chi connectivity index (χ2v) is 5.03. The number of hydrogen-bond acceptors (Lipinski definition) is 5. The lowest BCUT2D eigenvalue weighted by Crippen LogP contribution is -1.83. The van der Waals surface area contributed by atoms with Crippen LogP contribution < -0.4 is 4.74 Å². The molecule has 0 fully saturated rings. The fourth-order valence-corrected chi connectivity index (χ4v) is 2.59. The molecule has 0 amide bonds. The first kappa shape index (κ1) is 12.1. The fourth-order valence-electron chi connectivity index (χ4n) is 1.64. The van der Waals surface area contributed by atoms with Crippen molar-refractivity contribution in [3.8, 4) is 27.8 Å². The summed E-state index contributed by atoms with van der Waals surface area (Å²) in [5, 5.41) is 8.52. The van der Waals surface area contributed by atoms with Crippen LogP contribution in [0.5, 0.6) is 5.75 Å². The van der Waals surface area contributed by atoms with Crippen LogP contribution in [0.3, 0.4) is 0 Å². The number of hydrogen-bond donors (Lipinski definition) is 2. The molecule has 2 N–H and O–H groups in total. The van der Waals surface area contributed by atoms with Crippen LogP contribution in [0.2, 0.25) is 0 Å². The number of H-pyrrole nitrogens is 2. The van der Waals surface area contributed by atoms with E-state index in [0.717, 1.165) is 22.0 Å². The second-order valence-electron chi connectivity index (χ2n) is 3.78. The summed E-state index contributed by atoms with van der Waals surface area (Å²) < 4.78 is 5.56. The minimum atomic E-state index is 0.425. The molecule has 5 nitrogen and oxygen atoms in total. The number of benzene rings is 1. The first-order valence-electron chi connectivity index (χ1n) is 5.51. The minimum Gasteiger partial charge on any atom is -0.497 e. The molecule has 0 aliphatic carbocycles. The number of aromatic amines is 2. The number of rotatable bonds is 3. The summed E-state index contributed by atoms with van der Waals surface area (Å²) >= 11 is 6.48. The van der Waals surface area contributed by atoms with Crippen LogP contribution in [0.1, 0.15) is 0 Å². The molecule has 0 saturated heterocycles. The Hall–Kier alpha value is -1.99. The van der Waals surface area contributed by atoms with E-state index in [9.17, 15) is 0 Å². The van der Waals surface area contributed by atoms with E-state index in [1.165, 1.54) is 0 Å². The highest BCUT2D eigenvalue weighted by atomic mass is 32.1. The zero-order valence-electron chi connectivity index (χ0n) is 10.0. The van der Waals surface area contributed by atoms with E-state index >= 15 is 0 Å². The van der Waals surface area contributed by atoms with Crippen molar-refractivity contribution in [2.24, 2.45) is 0 Å². The summed E-state index contributed by atoms with van der Waals surface area (Å²) in [4.78, 5) is 8.68. The molecule has 7 heteroatoms. The molecular weight excluding hydrogens is 280 g/mol. The minimum absolute atomic E-state index is 0.425. The van der Waals surface area contributed by atoms with Gasteiger partial charge in [-0.25, -0.2) is 4.98 Å². The fraction of sp³-hybridized carbons (Fsp3) is 0.0833. The molecular formula is C12H10N4OS2. The largest absolute Gasteiger partial charge is 0.497 e. The van der Waals surface area contributed by atoms with Crippen LogP contribution in [-0.4, -0.2) is 27.3 Å². The predicted octanol–water partition coefficient (Wildman–Crippen LogP) is 3.27. The maximum atomic E-state index is 5.13. The number of methoxy groups -OCH3 is 1. The Bertz CT molecular complexity index is 741. The van der Waals surface area contributed by atoms with Crippen molar-refractivity contribution in [3.05, 3.63) is 34.4 Å². The summed E-state index contributed by atoms with van der Waals surface area (Å²) in [7, 11) is 1.65. The van der Waals surface area contributed by atoms with Gasteiger partial charge < -0.3 is 4.74 Å². The molecule has 0 radical (unpaired) electrons. The zero-order valence-corrected chi connectivity index (χ0v) is 11.6. The van der Waals surface area contributed by atoms with Gasteiger partial charge >= 0.3 is 0 Å². The van der Waals surface area contributed by atoms with Gasteiger partial charge in [-0.15, -0.1) is 11.3 Å². The molecule has 96 valence electrons. The zero-order chi connectivity index (χ0) is 13.2. The van der Waals surface area contributed by atoms with Crippen LogP contribution in [0, 0.1) is 4.77 Å². The molecule has 1 aromatic carbocycles. The van der Waals surface area contributed by atoms with Gasteiger partial charge in [-0.05, 0) is 36.5 Å². The second kappa shape index (κ2) is 4.94. The standard InChI is InChI=1S/C12H10N4OS2/c1-17-8-4-2-7(3-5-8)11-13-9(6-19-11)10-14-12(18)16-15-10/h2-6H,1H3,(H2,14,15,16,18). The number of thiazole rings is 1. The average molecular weight is 290 g/mol. The smallest absolute Gasteiger partial charge is 0.213 e. The van der Waals surface area contributed by atoms with Crippen LogP contribution in [-0.2, 0) is 0 Å². The van der Waals surface area contributed by atoms with Gasteiger partial charge in [0.15, 0.2) is 5.82 Å². The predicted molar refractivity (Wildman–Crippen MR) is 76.9 cm³/mol. The van der Waals surface area contributed by atoms with Crippen molar-refractivity contribution in [2.75, 3.05) is 7.11 Å². The maximum Gasteiger partial charge on any atom is 0.213 e. The van der Waals surface area contributed by atoms with Gasteiger partial charge in [-0.1, -0.05) is 0 Å². The SMILES string of the molecule is COc1ccc(-c2nc(-c3nc(=S)[nH][nH]3)cs2)cc1. The van der Waals surface area contributed by atoms with Crippen molar-refractivity contribution in [3.63, 3.8) is 0 Å². The van der Waals surface area contributed by atoms with E-state index in [4.69, 9.17) is 17.0 Å². The Morgan fingerprint density at radius 2 is 1.95 bits per heavy atom. The summed E-state index contributed by atoms with van der Waals surface area (Å²) in [5.74, 6) is 1.48. The number of nitrogens with one attached hydrogen (secondary N) is 2. The number of nitrogens with zero attached hydrogens (tertiary/aromatic N) is 2. The molecule has 2 aromatic heterocycles. The quantitative estimate of drug-likeness (QED) is 0.727. The summed E-state index contributed by atoms with van der Waals surface area (Å²) in [6.07, 6.45) is 0. The van der Waals surface area contributed by atoms with E-state index in [1.807, 2.05) is 29.6 Å². The Labute approximate surface area is 118 Å². The van der Waals surface area contributed by atoms with E-state index < -0.39 is 0 Å². The molecule has 3 aromatic rings. The lowest BCUT2D eigenvalue weighted by atomic mass is 10.2. The first-order valence-corrected chi connectivity index (χ1v) is 6.80. The molecule has 0 unspecified atom stereocenters. The van der Waals surface area contributed by atoms with Gasteiger partial charge in [0.05, 0.1) is 7.11 Å². The Morgan fingerprint density at radius 3 is 2.58 bits per heavy atom. The van der Waals surface area contributed by atoms with Gasteiger partial charge in [0.1, 0.15) is 16.5 Å². The molecule has 0 saturated carbocycles. The highest BCUT2D eigenvalue weighted by molar-refractivity contribution is 7.71. The van der Waals surface area contributed by atoms with E-state index in [1.54, 1.807) is 18.4 Å². The molecule has 0 spiro atoms. The average Bonchev–Trinajstić information content (AvgIpc) is 3.07. The van der Waals surface area contributed by atoms with Gasteiger partial charge in [0.2, 0.25) is 4.77 Å². The van der Waals surface area contributed by atoms with Gasteiger partial charge in [-0.3, -0.25) is 10.2 Å². The number of aromatic nitrogens is 4. The normalized spacial score (nSPS) is 10.6. The van der Waals surface area contributed by atoms with Crippen molar-refractivity contribution >= 4 is 23.6 Å². The highest BCUT2D eigenvalue weighted by Gasteiger charge is 2.08. The van der Waals surface area contributed by atoms with Crippen LogP contribution in [0.4, 0.5) is 0 Å². The maximum absolute atomic E-state index is 5.13. The molecule has 2 heterocycles. The number of ether oxygens (including phenoxy) is 1. The van der Waals surface area contributed by atoms with Crippen molar-refractivity contribution in [1.29, 1.82) is 0 Å². The third kappa shape index (κ3) is 2.42. The molecule has 19 heavy (non-hydrogen) atoms. The van der Waals surface area contributed by atoms with Gasteiger partial charge in [0, 0.05) is 10.9 Å². The summed E-state index contributed by atoms with van der Waals surface area (Å²) in [6.45, 7) is 0. The molecule has 0 atom stereocenters. The Kier molecular flexibility index (Phi) is 3.14. The highest BCUT2D eigenvalue weighted by Crippen LogP contribution is 2.28. The summed E-state index contributed by atoms with van der Waals surface area (Å²) in [5.41, 5.74) is 1.83. The monoisotopic (exact) mass is 290 g/mol. The van der Waals surface area contributed by atoms with Gasteiger partial charge in [-0.2, -0.15) is 4.98 Å². The third-order valence-electron chi connectivity index (χ3n) is 2.58. The van der Waals surface area contributed by atoms with E-state index in [0.29, 0.717) is 10.6 Å². The van der Waals surface area contributed by atoms with Crippen molar-refractivity contribution in [2.45, 2.75) is 0 Å². The van der Waals surface area contributed by atoms with E-state index in [2.05, 4.69) is 20.2 Å². The van der Waals surface area contributed by atoms with Crippen LogP contribution in [0.25, 0.3) is 22.1 Å². The molecule has 3 rings (SSSR count). The topological polar surface area (TPSA) is 66.6 Å². The summed E-state index contributed by atoms with van der Waals surface area (Å²) in [6, 6.07) is 7.79. The Balaban J connectivity index is 1.94. The van der Waals surface area contributed by atoms with Crippen molar-refractivity contribution in [1.82, 2.24) is 20.2 Å². The third-order valence-corrected chi connectivity index (χ3v) is 3.67. The Morgan fingerprint density at radius 1 is 1.16 bits per heavy atom. The lowest BCUT2D eigenvalue weighted by Gasteiger charge is -2.00. The van der Waals surface area contributed by atoms with Crippen LogP contribution in [0.15, 0.2) is 29.6 Å².